The summed E-state index contributed by atoms with van der Waals surface area (Å²) in [4.78, 5) is 29.1. The van der Waals surface area contributed by atoms with Gasteiger partial charge in [-0.3, -0.25) is 15.0 Å². The van der Waals surface area contributed by atoms with Crippen molar-refractivity contribution in [3.8, 4) is 0 Å². The van der Waals surface area contributed by atoms with Crippen LogP contribution in [0.25, 0.3) is 0 Å². The molecule has 2 aromatic carbocycles. The van der Waals surface area contributed by atoms with E-state index in [1.807, 2.05) is 41.3 Å². The molecule has 2 aromatic rings. The van der Waals surface area contributed by atoms with Crippen molar-refractivity contribution in [3.05, 3.63) is 53.6 Å². The number of hydrogen-bond acceptors (Lipinski definition) is 4. The SMILES string of the molecule is CCN(CC)CCC(=O)N1c2ccccc2CCc2ccc(NC(=O)OC)cc21.[Cl-]. The fourth-order valence-corrected chi connectivity index (χ4v) is 3.74. The third kappa shape index (κ3) is 5.32. The lowest BCUT2D eigenvalue weighted by atomic mass is 10.0. The molecule has 0 unspecified atom stereocenters. The average molecular weight is 431 g/mol. The third-order valence-electron chi connectivity index (χ3n) is 5.44. The summed E-state index contributed by atoms with van der Waals surface area (Å²) in [5.41, 5.74) is 4.60. The van der Waals surface area contributed by atoms with Crippen LogP contribution < -0.4 is 22.6 Å². The molecule has 1 aliphatic rings. The van der Waals surface area contributed by atoms with Gasteiger partial charge < -0.3 is 22.0 Å². The van der Waals surface area contributed by atoms with Crippen LogP contribution in [0.5, 0.6) is 0 Å². The molecule has 162 valence electrons. The number of carbonyl (C=O) groups excluding carboxylic acids is 2. The highest BCUT2D eigenvalue weighted by atomic mass is 35.5. The molecule has 0 aromatic heterocycles. The molecule has 1 heterocycles. The number of aryl methyl sites for hydroxylation is 2. The first kappa shape index (κ1) is 23.7. The van der Waals surface area contributed by atoms with E-state index < -0.39 is 6.09 Å². The van der Waals surface area contributed by atoms with Gasteiger partial charge in [-0.05, 0) is 55.3 Å². The van der Waals surface area contributed by atoms with E-state index in [0.29, 0.717) is 12.1 Å². The Bertz CT molecular complexity index is 884. The van der Waals surface area contributed by atoms with Crippen molar-refractivity contribution in [1.82, 2.24) is 4.90 Å². The van der Waals surface area contributed by atoms with Gasteiger partial charge in [-0.1, -0.05) is 38.1 Å². The summed E-state index contributed by atoms with van der Waals surface area (Å²) in [6.07, 6.45) is 1.61. The lowest BCUT2D eigenvalue weighted by Gasteiger charge is -2.27. The van der Waals surface area contributed by atoms with Crippen molar-refractivity contribution in [3.63, 3.8) is 0 Å². The summed E-state index contributed by atoms with van der Waals surface area (Å²) < 4.78 is 4.71. The zero-order valence-electron chi connectivity index (χ0n) is 17.8. The van der Waals surface area contributed by atoms with Gasteiger partial charge in [0.25, 0.3) is 0 Å². The van der Waals surface area contributed by atoms with Gasteiger partial charge in [-0.15, -0.1) is 0 Å². The molecule has 0 spiro atoms. The van der Waals surface area contributed by atoms with Gasteiger partial charge >= 0.3 is 6.09 Å². The number of para-hydroxylation sites is 1. The highest BCUT2D eigenvalue weighted by molar-refractivity contribution is 6.03. The van der Waals surface area contributed by atoms with Gasteiger partial charge in [-0.25, -0.2) is 4.79 Å². The number of methoxy groups -OCH3 is 1. The van der Waals surface area contributed by atoms with E-state index in [2.05, 4.69) is 30.1 Å². The molecule has 0 fully saturated rings. The Morgan fingerprint density at radius 3 is 2.37 bits per heavy atom. The molecule has 30 heavy (non-hydrogen) atoms. The van der Waals surface area contributed by atoms with Gasteiger partial charge in [0.2, 0.25) is 5.91 Å². The molecule has 1 N–H and O–H groups in total. The molecule has 7 heteroatoms. The van der Waals surface area contributed by atoms with Gasteiger partial charge in [-0.2, -0.15) is 0 Å². The predicted molar refractivity (Wildman–Crippen MR) is 116 cm³/mol. The number of nitrogens with one attached hydrogen (secondary N) is 1. The number of ether oxygens (including phenoxy) is 1. The lowest BCUT2D eigenvalue weighted by molar-refractivity contribution is -0.118. The van der Waals surface area contributed by atoms with Crippen LogP contribution >= 0.6 is 0 Å². The first-order valence-electron chi connectivity index (χ1n) is 10.2. The molecule has 0 radical (unpaired) electrons. The topological polar surface area (TPSA) is 61.9 Å². The monoisotopic (exact) mass is 430 g/mol. The van der Waals surface area contributed by atoms with Crippen LogP contribution in [0.15, 0.2) is 42.5 Å². The summed E-state index contributed by atoms with van der Waals surface area (Å²) in [5, 5.41) is 2.71. The molecule has 2 amide bonds. The Balaban J connectivity index is 0.00000320. The molecule has 0 aliphatic carbocycles. The Hall–Kier alpha value is -2.57. The van der Waals surface area contributed by atoms with E-state index in [-0.39, 0.29) is 18.3 Å². The summed E-state index contributed by atoms with van der Waals surface area (Å²) >= 11 is 0. The Morgan fingerprint density at radius 2 is 1.70 bits per heavy atom. The van der Waals surface area contributed by atoms with E-state index in [1.165, 1.54) is 7.11 Å². The second-order valence-corrected chi connectivity index (χ2v) is 7.09. The fourth-order valence-electron chi connectivity index (χ4n) is 3.74. The first-order chi connectivity index (χ1) is 14.1. The molecule has 6 nitrogen and oxygen atoms in total. The number of carbonyl (C=O) groups is 2. The van der Waals surface area contributed by atoms with Crippen molar-refractivity contribution >= 4 is 29.1 Å². The van der Waals surface area contributed by atoms with Gasteiger partial charge in [0.15, 0.2) is 0 Å². The van der Waals surface area contributed by atoms with E-state index in [1.54, 1.807) is 0 Å². The fraction of sp³-hybridized carbons (Fsp3) is 0.391. The minimum atomic E-state index is -0.529. The van der Waals surface area contributed by atoms with Gasteiger partial charge in [0.1, 0.15) is 0 Å². The first-order valence-corrected chi connectivity index (χ1v) is 10.2. The van der Waals surface area contributed by atoms with Crippen LogP contribution in [0.4, 0.5) is 21.9 Å². The number of amides is 2. The number of benzene rings is 2. The summed E-state index contributed by atoms with van der Waals surface area (Å²) in [7, 11) is 1.33. The summed E-state index contributed by atoms with van der Waals surface area (Å²) in [5.74, 6) is 0.0581. The van der Waals surface area contributed by atoms with E-state index in [0.717, 1.165) is 55.0 Å². The van der Waals surface area contributed by atoms with Crippen LogP contribution in [0, 0.1) is 0 Å². The van der Waals surface area contributed by atoms with E-state index >= 15 is 0 Å². The molecular weight excluding hydrogens is 402 g/mol. The molecule has 0 atom stereocenters. The number of rotatable bonds is 6. The molecule has 1 aliphatic heterocycles. The van der Waals surface area contributed by atoms with Crippen molar-refractivity contribution in [2.75, 3.05) is 37.0 Å². The number of nitrogens with zero attached hydrogens (tertiary/aromatic N) is 2. The quantitative estimate of drug-likeness (QED) is 0.751. The minimum absolute atomic E-state index is 0. The van der Waals surface area contributed by atoms with Crippen molar-refractivity contribution in [2.45, 2.75) is 33.1 Å². The van der Waals surface area contributed by atoms with E-state index in [4.69, 9.17) is 4.74 Å². The molecular formula is C23H29ClN3O3-. The van der Waals surface area contributed by atoms with Crippen LogP contribution in [0.1, 0.15) is 31.4 Å². The predicted octanol–water partition coefficient (Wildman–Crippen LogP) is 1.36. The second-order valence-electron chi connectivity index (χ2n) is 7.09. The summed E-state index contributed by atoms with van der Waals surface area (Å²) in [6.45, 7) is 6.78. The zero-order valence-corrected chi connectivity index (χ0v) is 18.5. The Labute approximate surface area is 184 Å². The Morgan fingerprint density at radius 1 is 1.03 bits per heavy atom. The standard InChI is InChI=1S/C23H29N3O3.ClH/c1-4-25(5-2)15-14-22(27)26-20-9-7-6-8-17(20)10-11-18-12-13-19(16-21(18)26)24-23(28)29-3;/h6-9,12-13,16H,4-5,10-11,14-15H2,1-3H3,(H,24,28);1H/p-1. The normalized spacial score (nSPS) is 12.3. The van der Waals surface area contributed by atoms with Crippen molar-refractivity contribution in [2.24, 2.45) is 0 Å². The van der Waals surface area contributed by atoms with Crippen molar-refractivity contribution in [1.29, 1.82) is 0 Å². The van der Waals surface area contributed by atoms with Gasteiger partial charge in [0.05, 0.1) is 18.5 Å². The van der Waals surface area contributed by atoms with Gasteiger partial charge in [0, 0.05) is 18.7 Å². The zero-order chi connectivity index (χ0) is 20.8. The maximum atomic E-state index is 13.4. The minimum Gasteiger partial charge on any atom is -1.00 e. The van der Waals surface area contributed by atoms with Crippen molar-refractivity contribution < 1.29 is 26.7 Å². The number of halogens is 1. The molecule has 3 rings (SSSR count). The molecule has 0 bridgehead atoms. The van der Waals surface area contributed by atoms with E-state index in [9.17, 15) is 9.59 Å². The number of anilines is 3. The highest BCUT2D eigenvalue weighted by Crippen LogP contribution is 2.38. The molecule has 0 saturated carbocycles. The number of hydrogen-bond donors (Lipinski definition) is 1. The van der Waals surface area contributed by atoms with Crippen LogP contribution in [0.3, 0.4) is 0 Å². The maximum Gasteiger partial charge on any atom is 0.411 e. The van der Waals surface area contributed by atoms with Crippen LogP contribution in [0.2, 0.25) is 0 Å². The highest BCUT2D eigenvalue weighted by Gasteiger charge is 2.26. The maximum absolute atomic E-state index is 13.4. The second kappa shape index (κ2) is 11.0. The third-order valence-corrected chi connectivity index (χ3v) is 5.44. The largest absolute Gasteiger partial charge is 1.00 e. The Kier molecular flexibility index (Phi) is 8.69. The van der Waals surface area contributed by atoms with Crippen LogP contribution in [-0.4, -0.2) is 43.6 Å². The van der Waals surface area contributed by atoms with Crippen LogP contribution in [-0.2, 0) is 22.4 Å². The lowest BCUT2D eigenvalue weighted by Crippen LogP contribution is -3.00. The average Bonchev–Trinajstić information content (AvgIpc) is 2.90. The molecule has 0 saturated heterocycles. The number of fused-ring (bicyclic) bond motifs is 2. The smallest absolute Gasteiger partial charge is 0.411 e. The summed E-state index contributed by atoms with van der Waals surface area (Å²) in [6, 6.07) is 13.8.